The van der Waals surface area contributed by atoms with Gasteiger partial charge >= 0.3 is 0 Å². The molecule has 27 heavy (non-hydrogen) atoms. The molecule has 1 saturated heterocycles. The molecule has 3 heterocycles. The molecule has 2 aliphatic rings. The number of hydrogen-bond donors (Lipinski definition) is 0. The molecule has 0 bridgehead atoms. The van der Waals surface area contributed by atoms with Crippen molar-refractivity contribution in [1.82, 2.24) is 19.6 Å². The topological polar surface area (TPSA) is 50.6 Å². The van der Waals surface area contributed by atoms with E-state index >= 15 is 0 Å². The summed E-state index contributed by atoms with van der Waals surface area (Å²) in [5.74, 6) is 1.20. The summed E-state index contributed by atoms with van der Waals surface area (Å²) in [6, 6.07) is 10.4. The van der Waals surface area contributed by atoms with E-state index in [1.807, 2.05) is 41.3 Å². The van der Waals surface area contributed by atoms with Crippen molar-refractivity contribution in [1.29, 1.82) is 0 Å². The number of benzene rings is 1. The Labute approximate surface area is 160 Å². The Hall–Kier alpha value is -2.34. The summed E-state index contributed by atoms with van der Waals surface area (Å²) in [6.07, 6.45) is 8.18. The van der Waals surface area contributed by atoms with E-state index in [0.717, 1.165) is 56.8 Å². The predicted molar refractivity (Wildman–Crippen MR) is 103 cm³/mol. The zero-order valence-corrected chi connectivity index (χ0v) is 15.8. The molecule has 6 heteroatoms. The SMILES string of the molecule is O=C(CN1CCOc2ccccc2C1)N1CCCC[C@@H]1CCn1cccn1. The van der Waals surface area contributed by atoms with Crippen LogP contribution in [0.15, 0.2) is 42.7 Å². The molecule has 1 aromatic carbocycles. The molecule has 1 fully saturated rings. The van der Waals surface area contributed by atoms with Gasteiger partial charge in [-0.15, -0.1) is 0 Å². The fourth-order valence-corrected chi connectivity index (χ4v) is 4.14. The third kappa shape index (κ3) is 4.50. The monoisotopic (exact) mass is 368 g/mol. The van der Waals surface area contributed by atoms with Gasteiger partial charge in [0.15, 0.2) is 0 Å². The van der Waals surface area contributed by atoms with E-state index in [2.05, 4.69) is 21.0 Å². The predicted octanol–water partition coefficient (Wildman–Crippen LogP) is 2.55. The van der Waals surface area contributed by atoms with Crippen LogP contribution < -0.4 is 4.74 Å². The van der Waals surface area contributed by atoms with Crippen molar-refractivity contribution < 1.29 is 9.53 Å². The van der Waals surface area contributed by atoms with Crippen LogP contribution in [0.2, 0.25) is 0 Å². The van der Waals surface area contributed by atoms with E-state index in [-0.39, 0.29) is 5.91 Å². The standard InChI is InChI=1S/C21H28N4O2/c26-21(17-23-14-15-27-20-8-2-1-6-18(20)16-23)25-12-4-3-7-19(25)9-13-24-11-5-10-22-24/h1-2,5-6,8,10-11,19H,3-4,7,9,12-17H2/t19-/m1/s1. The van der Waals surface area contributed by atoms with Crippen molar-refractivity contribution in [3.8, 4) is 5.75 Å². The van der Waals surface area contributed by atoms with Gasteiger partial charge in [-0.2, -0.15) is 5.10 Å². The van der Waals surface area contributed by atoms with E-state index in [9.17, 15) is 4.79 Å². The van der Waals surface area contributed by atoms with Gasteiger partial charge in [0.1, 0.15) is 12.4 Å². The molecule has 2 aromatic rings. The lowest BCUT2D eigenvalue weighted by Crippen LogP contribution is -2.48. The highest BCUT2D eigenvalue weighted by Crippen LogP contribution is 2.24. The highest BCUT2D eigenvalue weighted by atomic mass is 16.5. The van der Waals surface area contributed by atoms with Gasteiger partial charge in [0.2, 0.25) is 5.91 Å². The number of carbonyl (C=O) groups excluding carboxylic acids is 1. The molecule has 0 N–H and O–H groups in total. The summed E-state index contributed by atoms with van der Waals surface area (Å²) >= 11 is 0. The number of aryl methyl sites for hydroxylation is 1. The highest BCUT2D eigenvalue weighted by molar-refractivity contribution is 5.78. The van der Waals surface area contributed by atoms with E-state index in [0.29, 0.717) is 19.2 Å². The molecular weight excluding hydrogens is 340 g/mol. The van der Waals surface area contributed by atoms with Crippen LogP contribution in [-0.2, 0) is 17.9 Å². The van der Waals surface area contributed by atoms with Crippen LogP contribution in [0.25, 0.3) is 0 Å². The Kier molecular flexibility index (Phi) is 5.72. The number of amides is 1. The first-order valence-corrected chi connectivity index (χ1v) is 9.99. The lowest BCUT2D eigenvalue weighted by Gasteiger charge is -2.37. The average molecular weight is 368 g/mol. The molecule has 144 valence electrons. The highest BCUT2D eigenvalue weighted by Gasteiger charge is 2.28. The van der Waals surface area contributed by atoms with Gasteiger partial charge in [-0.3, -0.25) is 14.4 Å². The number of aromatic nitrogens is 2. The zero-order chi connectivity index (χ0) is 18.5. The maximum atomic E-state index is 13.1. The van der Waals surface area contributed by atoms with Crippen molar-refractivity contribution in [2.45, 2.75) is 44.8 Å². The van der Waals surface area contributed by atoms with Crippen LogP contribution in [0.1, 0.15) is 31.2 Å². The zero-order valence-electron chi connectivity index (χ0n) is 15.8. The van der Waals surface area contributed by atoms with Gasteiger partial charge < -0.3 is 9.64 Å². The third-order valence-corrected chi connectivity index (χ3v) is 5.59. The molecule has 2 aliphatic heterocycles. The van der Waals surface area contributed by atoms with Gasteiger partial charge in [-0.25, -0.2) is 0 Å². The summed E-state index contributed by atoms with van der Waals surface area (Å²) in [7, 11) is 0. The first-order chi connectivity index (χ1) is 13.3. The van der Waals surface area contributed by atoms with Crippen LogP contribution in [0.4, 0.5) is 0 Å². The second kappa shape index (κ2) is 8.57. The second-order valence-corrected chi connectivity index (χ2v) is 7.46. The lowest BCUT2D eigenvalue weighted by molar-refractivity contribution is -0.136. The van der Waals surface area contributed by atoms with Crippen LogP contribution in [-0.4, -0.2) is 57.8 Å². The van der Waals surface area contributed by atoms with Gasteiger partial charge in [0.05, 0.1) is 6.54 Å². The van der Waals surface area contributed by atoms with Crippen LogP contribution in [0, 0.1) is 0 Å². The third-order valence-electron chi connectivity index (χ3n) is 5.59. The molecule has 1 aromatic heterocycles. The molecular formula is C21H28N4O2. The summed E-state index contributed by atoms with van der Waals surface area (Å²) < 4.78 is 7.79. The van der Waals surface area contributed by atoms with Gasteiger partial charge in [0.25, 0.3) is 0 Å². The van der Waals surface area contributed by atoms with Gasteiger partial charge in [-0.1, -0.05) is 18.2 Å². The van der Waals surface area contributed by atoms with Crippen molar-refractivity contribution in [3.63, 3.8) is 0 Å². The minimum Gasteiger partial charge on any atom is -0.492 e. The normalized spacial score (nSPS) is 20.6. The molecule has 0 aliphatic carbocycles. The lowest BCUT2D eigenvalue weighted by atomic mass is 9.99. The number of para-hydroxylation sites is 1. The Balaban J connectivity index is 1.37. The van der Waals surface area contributed by atoms with E-state index < -0.39 is 0 Å². The van der Waals surface area contributed by atoms with Crippen molar-refractivity contribution in [2.24, 2.45) is 0 Å². The van der Waals surface area contributed by atoms with E-state index in [4.69, 9.17) is 4.74 Å². The molecule has 1 atom stereocenters. The maximum absolute atomic E-state index is 13.1. The smallest absolute Gasteiger partial charge is 0.237 e. The molecule has 0 radical (unpaired) electrons. The summed E-state index contributed by atoms with van der Waals surface area (Å²) in [5, 5.41) is 4.29. The van der Waals surface area contributed by atoms with E-state index in [1.165, 1.54) is 6.42 Å². The first-order valence-electron chi connectivity index (χ1n) is 9.99. The largest absolute Gasteiger partial charge is 0.492 e. The summed E-state index contributed by atoms with van der Waals surface area (Å²) in [5.41, 5.74) is 1.16. The van der Waals surface area contributed by atoms with Crippen molar-refractivity contribution in [2.75, 3.05) is 26.2 Å². The van der Waals surface area contributed by atoms with Gasteiger partial charge in [0, 0.05) is 50.2 Å². The summed E-state index contributed by atoms with van der Waals surface area (Å²) in [4.78, 5) is 17.4. The Morgan fingerprint density at radius 3 is 3.00 bits per heavy atom. The number of rotatable bonds is 5. The van der Waals surface area contributed by atoms with Crippen molar-refractivity contribution >= 4 is 5.91 Å². The van der Waals surface area contributed by atoms with Crippen molar-refractivity contribution in [3.05, 3.63) is 48.3 Å². The molecule has 1 amide bonds. The molecule has 0 unspecified atom stereocenters. The minimum absolute atomic E-state index is 0.250. The number of hydrogen-bond acceptors (Lipinski definition) is 4. The Morgan fingerprint density at radius 2 is 2.11 bits per heavy atom. The average Bonchev–Trinajstić information content (AvgIpc) is 3.13. The molecule has 6 nitrogen and oxygen atoms in total. The quantitative estimate of drug-likeness (QED) is 0.814. The molecule has 0 spiro atoms. The van der Waals surface area contributed by atoms with Crippen LogP contribution in [0.3, 0.4) is 0 Å². The second-order valence-electron chi connectivity index (χ2n) is 7.46. The number of carbonyl (C=O) groups is 1. The number of fused-ring (bicyclic) bond motifs is 1. The fraction of sp³-hybridized carbons (Fsp3) is 0.524. The van der Waals surface area contributed by atoms with Gasteiger partial charge in [-0.05, 0) is 37.8 Å². The molecule has 0 saturated carbocycles. The Bertz CT molecular complexity index is 746. The number of nitrogens with zero attached hydrogens (tertiary/aromatic N) is 4. The maximum Gasteiger partial charge on any atom is 0.237 e. The minimum atomic E-state index is 0.250. The summed E-state index contributed by atoms with van der Waals surface area (Å²) in [6.45, 7) is 4.40. The number of ether oxygens (including phenoxy) is 1. The molecule has 4 rings (SSSR count). The van der Waals surface area contributed by atoms with E-state index in [1.54, 1.807) is 0 Å². The first kappa shape index (κ1) is 18.0. The fourth-order valence-electron chi connectivity index (χ4n) is 4.14. The van der Waals surface area contributed by atoms with Crippen LogP contribution >= 0.6 is 0 Å². The number of piperidine rings is 1. The Morgan fingerprint density at radius 1 is 1.19 bits per heavy atom. The van der Waals surface area contributed by atoms with Crippen LogP contribution in [0.5, 0.6) is 5.75 Å². The number of likely N-dealkylation sites (tertiary alicyclic amines) is 1.